The zero-order valence-electron chi connectivity index (χ0n) is 16.0. The van der Waals surface area contributed by atoms with Gasteiger partial charge in [0.2, 0.25) is 5.91 Å². The number of ether oxygens (including phenoxy) is 1. The summed E-state index contributed by atoms with van der Waals surface area (Å²) in [5, 5.41) is 6.12. The fourth-order valence-corrected chi connectivity index (χ4v) is 4.10. The average Bonchev–Trinajstić information content (AvgIpc) is 3.12. The highest BCUT2D eigenvalue weighted by Gasteiger charge is 2.39. The van der Waals surface area contributed by atoms with Gasteiger partial charge in [0.05, 0.1) is 12.1 Å². The summed E-state index contributed by atoms with van der Waals surface area (Å²) < 4.78 is 4.97. The van der Waals surface area contributed by atoms with Gasteiger partial charge in [-0.1, -0.05) is 37.2 Å². The highest BCUT2D eigenvalue weighted by molar-refractivity contribution is 7.80. The van der Waals surface area contributed by atoms with Gasteiger partial charge in [-0.05, 0) is 37.0 Å². The van der Waals surface area contributed by atoms with E-state index < -0.39 is 6.04 Å². The molecule has 6 nitrogen and oxygen atoms in total. The summed E-state index contributed by atoms with van der Waals surface area (Å²) in [6.07, 6.45) is 5.37. The molecular formula is C20H29N3O3S. The fraction of sp³-hybridized carbons (Fsp3) is 0.550. The van der Waals surface area contributed by atoms with Gasteiger partial charge >= 0.3 is 5.97 Å². The molecule has 1 aromatic carbocycles. The van der Waals surface area contributed by atoms with Crippen molar-refractivity contribution in [3.05, 3.63) is 29.8 Å². The number of rotatable bonds is 8. The van der Waals surface area contributed by atoms with Crippen LogP contribution in [0.25, 0.3) is 0 Å². The molecule has 1 saturated carbocycles. The number of hydrogen-bond donors (Lipinski definition) is 3. The maximum absolute atomic E-state index is 12.3. The third kappa shape index (κ3) is 5.92. The Kier molecular flexibility index (Phi) is 7.59. The molecule has 1 amide bonds. The Morgan fingerprint density at radius 2 is 1.89 bits per heavy atom. The van der Waals surface area contributed by atoms with Gasteiger partial charge in [0, 0.05) is 31.0 Å². The summed E-state index contributed by atoms with van der Waals surface area (Å²) in [6.45, 7) is 2.09. The van der Waals surface area contributed by atoms with E-state index in [9.17, 15) is 9.59 Å². The maximum Gasteiger partial charge on any atom is 0.328 e. The molecule has 0 heterocycles. The van der Waals surface area contributed by atoms with Gasteiger partial charge < -0.3 is 21.1 Å². The van der Waals surface area contributed by atoms with Crippen LogP contribution in [0.4, 0.5) is 5.69 Å². The first-order valence-corrected chi connectivity index (χ1v) is 9.75. The Morgan fingerprint density at radius 3 is 2.44 bits per heavy atom. The number of methoxy groups -OCH3 is 1. The lowest BCUT2D eigenvalue weighted by Crippen LogP contribution is -2.49. The molecule has 4 N–H and O–H groups in total. The van der Waals surface area contributed by atoms with Crippen LogP contribution < -0.4 is 16.4 Å². The lowest BCUT2D eigenvalue weighted by molar-refractivity contribution is -0.142. The van der Waals surface area contributed by atoms with Crippen LogP contribution in [0, 0.1) is 5.41 Å². The van der Waals surface area contributed by atoms with Crippen LogP contribution in [0.2, 0.25) is 0 Å². The molecule has 1 fully saturated rings. The Labute approximate surface area is 166 Å². The number of amides is 1. The largest absolute Gasteiger partial charge is 0.467 e. The number of carbonyl (C=O) groups is 2. The molecule has 0 radical (unpaired) electrons. The van der Waals surface area contributed by atoms with Gasteiger partial charge in [-0.25, -0.2) is 4.79 Å². The summed E-state index contributed by atoms with van der Waals surface area (Å²) in [7, 11) is 1.38. The molecule has 0 bridgehead atoms. The van der Waals surface area contributed by atoms with Crippen molar-refractivity contribution in [2.45, 2.75) is 51.5 Å². The van der Waals surface area contributed by atoms with Crippen molar-refractivity contribution >= 4 is 34.8 Å². The van der Waals surface area contributed by atoms with E-state index in [2.05, 4.69) is 10.6 Å². The van der Waals surface area contributed by atoms with E-state index in [0.29, 0.717) is 23.6 Å². The van der Waals surface area contributed by atoms with Gasteiger partial charge in [0.15, 0.2) is 0 Å². The molecule has 0 spiro atoms. The van der Waals surface area contributed by atoms with Gasteiger partial charge in [-0.2, -0.15) is 0 Å². The fourth-order valence-electron chi connectivity index (χ4n) is 3.66. The summed E-state index contributed by atoms with van der Waals surface area (Å²) in [6, 6.07) is 6.88. The minimum atomic E-state index is -0.552. The van der Waals surface area contributed by atoms with Crippen molar-refractivity contribution in [3.63, 3.8) is 0 Å². The molecule has 1 aliphatic carbocycles. The van der Waals surface area contributed by atoms with Crippen molar-refractivity contribution in [3.8, 4) is 0 Å². The van der Waals surface area contributed by atoms with Crippen LogP contribution in [-0.4, -0.2) is 36.6 Å². The highest BCUT2D eigenvalue weighted by atomic mass is 32.1. The first kappa shape index (κ1) is 21.2. The third-order valence-electron chi connectivity index (χ3n) is 5.23. The number of nitrogen functional groups attached to an aromatic ring is 1. The molecule has 27 heavy (non-hydrogen) atoms. The SMILES string of the molecule is COC(=O)C(Cc1ccc(N)cc1)NC(=S)C1(CCNC(C)=O)CCCC1. The van der Waals surface area contributed by atoms with Crippen LogP contribution in [0.5, 0.6) is 0 Å². The van der Waals surface area contributed by atoms with Crippen molar-refractivity contribution < 1.29 is 14.3 Å². The Hall–Kier alpha value is -2.15. The molecule has 1 unspecified atom stereocenters. The maximum atomic E-state index is 12.3. The van der Waals surface area contributed by atoms with E-state index in [1.807, 2.05) is 24.3 Å². The number of nitrogens with two attached hydrogens (primary N) is 1. The van der Waals surface area contributed by atoms with E-state index >= 15 is 0 Å². The molecule has 1 aliphatic rings. The summed E-state index contributed by atoms with van der Waals surface area (Å²) in [5.74, 6) is -0.387. The number of benzene rings is 1. The summed E-state index contributed by atoms with van der Waals surface area (Å²) in [5.41, 5.74) is 7.22. The summed E-state index contributed by atoms with van der Waals surface area (Å²) >= 11 is 5.73. The van der Waals surface area contributed by atoms with Gasteiger partial charge in [0.1, 0.15) is 6.04 Å². The molecule has 1 aromatic rings. The van der Waals surface area contributed by atoms with Crippen molar-refractivity contribution in [1.29, 1.82) is 0 Å². The Bertz CT molecular complexity index is 670. The monoisotopic (exact) mass is 391 g/mol. The molecule has 1 atom stereocenters. The van der Waals surface area contributed by atoms with Crippen LogP contribution in [0.15, 0.2) is 24.3 Å². The Balaban J connectivity index is 2.09. The van der Waals surface area contributed by atoms with Crippen LogP contribution in [0.1, 0.15) is 44.6 Å². The first-order valence-electron chi connectivity index (χ1n) is 9.34. The normalized spacial score (nSPS) is 16.4. The minimum Gasteiger partial charge on any atom is -0.467 e. The van der Waals surface area contributed by atoms with Crippen molar-refractivity contribution in [2.75, 3.05) is 19.4 Å². The van der Waals surface area contributed by atoms with E-state index in [0.717, 1.165) is 37.7 Å². The molecule has 2 rings (SSSR count). The number of carbonyl (C=O) groups excluding carboxylic acids is 2. The molecule has 0 aromatic heterocycles. The lowest BCUT2D eigenvalue weighted by atomic mass is 9.82. The standard InChI is InChI=1S/C20H29N3O3S/c1-14(24)22-12-11-20(9-3-4-10-20)19(27)23-17(18(25)26-2)13-15-5-7-16(21)8-6-15/h5-8,17H,3-4,9-13,21H2,1-2H3,(H,22,24)(H,23,27). The van der Waals surface area contributed by atoms with Crippen LogP contribution in [-0.2, 0) is 20.7 Å². The second-order valence-corrected chi connectivity index (χ2v) is 7.62. The average molecular weight is 392 g/mol. The van der Waals surface area contributed by atoms with E-state index in [1.165, 1.54) is 14.0 Å². The van der Waals surface area contributed by atoms with E-state index in [4.69, 9.17) is 22.7 Å². The Morgan fingerprint density at radius 1 is 1.26 bits per heavy atom. The topological polar surface area (TPSA) is 93.4 Å². The lowest BCUT2D eigenvalue weighted by Gasteiger charge is -2.32. The number of hydrogen-bond acceptors (Lipinski definition) is 5. The third-order valence-corrected chi connectivity index (χ3v) is 5.78. The smallest absolute Gasteiger partial charge is 0.328 e. The van der Waals surface area contributed by atoms with Crippen molar-refractivity contribution in [1.82, 2.24) is 10.6 Å². The number of esters is 1. The number of nitrogens with one attached hydrogen (secondary N) is 2. The van der Waals surface area contributed by atoms with Crippen LogP contribution >= 0.6 is 12.2 Å². The second kappa shape index (κ2) is 9.69. The number of thiocarbonyl (C=S) groups is 1. The molecular weight excluding hydrogens is 362 g/mol. The zero-order chi connectivity index (χ0) is 19.9. The van der Waals surface area contributed by atoms with E-state index in [1.54, 1.807) is 0 Å². The quantitative estimate of drug-likeness (QED) is 0.358. The molecule has 0 saturated heterocycles. The van der Waals surface area contributed by atoms with E-state index in [-0.39, 0.29) is 17.3 Å². The molecule has 7 heteroatoms. The molecule has 148 valence electrons. The first-order chi connectivity index (χ1) is 12.9. The summed E-state index contributed by atoms with van der Waals surface area (Å²) in [4.78, 5) is 24.2. The predicted molar refractivity (Wildman–Crippen MR) is 110 cm³/mol. The van der Waals surface area contributed by atoms with Gasteiger partial charge in [-0.15, -0.1) is 0 Å². The predicted octanol–water partition coefficient (Wildman–Crippen LogP) is 2.36. The molecule has 0 aliphatic heterocycles. The minimum absolute atomic E-state index is 0.0437. The number of anilines is 1. The van der Waals surface area contributed by atoms with Crippen molar-refractivity contribution in [2.24, 2.45) is 5.41 Å². The second-order valence-electron chi connectivity index (χ2n) is 7.22. The van der Waals surface area contributed by atoms with Crippen LogP contribution in [0.3, 0.4) is 0 Å². The zero-order valence-corrected chi connectivity index (χ0v) is 16.9. The van der Waals surface area contributed by atoms with Gasteiger partial charge in [-0.3, -0.25) is 4.79 Å². The van der Waals surface area contributed by atoms with Gasteiger partial charge in [0.25, 0.3) is 0 Å². The highest BCUT2D eigenvalue weighted by Crippen LogP contribution is 2.42.